The van der Waals surface area contributed by atoms with E-state index >= 15 is 0 Å². The molecule has 0 fully saturated rings. The molecule has 0 unspecified atom stereocenters. The van der Waals surface area contributed by atoms with E-state index in [1.54, 1.807) is 24.3 Å². The van der Waals surface area contributed by atoms with Gasteiger partial charge in [0.1, 0.15) is 17.3 Å². The van der Waals surface area contributed by atoms with Crippen molar-refractivity contribution >= 4 is 0 Å². The molecule has 0 spiro atoms. The summed E-state index contributed by atoms with van der Waals surface area (Å²) in [6, 6.07) is 7.99. The van der Waals surface area contributed by atoms with Crippen LogP contribution in [0.1, 0.15) is 5.76 Å². The average molecular weight is 207 g/mol. The molecule has 4 heteroatoms. The average Bonchev–Trinajstić information content (AvgIpc) is 2.68. The molecule has 0 aliphatic heterocycles. The maximum Gasteiger partial charge on any atom is 0.139 e. The van der Waals surface area contributed by atoms with Gasteiger partial charge in [0.05, 0.1) is 6.61 Å². The fourth-order valence-corrected chi connectivity index (χ4v) is 1.34. The monoisotopic (exact) mass is 207 g/mol. The van der Waals surface area contributed by atoms with Crippen LogP contribution in [0.5, 0.6) is 0 Å². The first kappa shape index (κ1) is 9.86. The SMILES string of the molecule is OCCc1cc(-c2ccccc2F)no1. The highest BCUT2D eigenvalue weighted by atomic mass is 19.1. The van der Waals surface area contributed by atoms with Crippen LogP contribution in [0.25, 0.3) is 11.3 Å². The van der Waals surface area contributed by atoms with Crippen LogP contribution in [0, 0.1) is 5.82 Å². The lowest BCUT2D eigenvalue weighted by Crippen LogP contribution is -1.86. The third-order valence-electron chi connectivity index (χ3n) is 2.07. The van der Waals surface area contributed by atoms with Crippen molar-refractivity contribution in [2.24, 2.45) is 0 Å². The maximum atomic E-state index is 13.3. The summed E-state index contributed by atoms with van der Waals surface area (Å²) in [6.07, 6.45) is 0.390. The van der Waals surface area contributed by atoms with Gasteiger partial charge >= 0.3 is 0 Å². The molecular weight excluding hydrogens is 197 g/mol. The number of hydrogen-bond acceptors (Lipinski definition) is 3. The van der Waals surface area contributed by atoms with E-state index in [2.05, 4.69) is 5.16 Å². The normalized spacial score (nSPS) is 10.5. The molecule has 1 aromatic heterocycles. The molecule has 0 amide bonds. The predicted molar refractivity (Wildman–Crippen MR) is 52.7 cm³/mol. The summed E-state index contributed by atoms with van der Waals surface area (Å²) in [5.74, 6) is 0.220. The van der Waals surface area contributed by atoms with Crippen molar-refractivity contribution in [3.63, 3.8) is 0 Å². The number of aliphatic hydroxyl groups is 1. The van der Waals surface area contributed by atoms with Crippen molar-refractivity contribution in [1.29, 1.82) is 0 Å². The Hall–Kier alpha value is -1.68. The highest BCUT2D eigenvalue weighted by Gasteiger charge is 2.09. The third kappa shape index (κ3) is 2.05. The molecule has 3 nitrogen and oxygen atoms in total. The molecular formula is C11H10FNO2. The molecule has 1 heterocycles. The fourth-order valence-electron chi connectivity index (χ4n) is 1.34. The first-order valence-corrected chi connectivity index (χ1v) is 4.62. The van der Waals surface area contributed by atoms with Gasteiger partial charge in [-0.1, -0.05) is 17.3 Å². The van der Waals surface area contributed by atoms with E-state index in [9.17, 15) is 4.39 Å². The number of aliphatic hydroxyl groups excluding tert-OH is 1. The van der Waals surface area contributed by atoms with Gasteiger partial charge in [-0.15, -0.1) is 0 Å². The van der Waals surface area contributed by atoms with E-state index in [1.807, 2.05) is 0 Å². The van der Waals surface area contributed by atoms with Gasteiger partial charge in [0, 0.05) is 18.1 Å². The van der Waals surface area contributed by atoms with Gasteiger partial charge in [0.15, 0.2) is 0 Å². The summed E-state index contributed by atoms with van der Waals surface area (Å²) in [7, 11) is 0. The highest BCUT2D eigenvalue weighted by Crippen LogP contribution is 2.21. The summed E-state index contributed by atoms with van der Waals surface area (Å²) in [5.41, 5.74) is 0.863. The second-order valence-electron chi connectivity index (χ2n) is 3.13. The maximum absolute atomic E-state index is 13.3. The highest BCUT2D eigenvalue weighted by molar-refractivity contribution is 5.59. The smallest absolute Gasteiger partial charge is 0.139 e. The van der Waals surface area contributed by atoms with Gasteiger partial charge in [0.25, 0.3) is 0 Å². The molecule has 0 saturated heterocycles. The van der Waals surface area contributed by atoms with Crippen molar-refractivity contribution in [2.75, 3.05) is 6.61 Å². The summed E-state index contributed by atoms with van der Waals surface area (Å²) >= 11 is 0. The first-order valence-electron chi connectivity index (χ1n) is 4.62. The van der Waals surface area contributed by atoms with E-state index in [4.69, 9.17) is 9.63 Å². The Morgan fingerprint density at radius 3 is 2.87 bits per heavy atom. The Kier molecular flexibility index (Phi) is 2.78. The van der Waals surface area contributed by atoms with Crippen LogP contribution < -0.4 is 0 Å². The first-order chi connectivity index (χ1) is 7.31. The van der Waals surface area contributed by atoms with Gasteiger partial charge in [-0.05, 0) is 12.1 Å². The molecule has 1 N–H and O–H groups in total. The Balaban J connectivity index is 2.33. The van der Waals surface area contributed by atoms with Crippen LogP contribution in [-0.4, -0.2) is 16.9 Å². The molecule has 0 radical (unpaired) electrons. The molecule has 0 aliphatic rings. The second kappa shape index (κ2) is 4.23. The Morgan fingerprint density at radius 2 is 2.13 bits per heavy atom. The van der Waals surface area contributed by atoms with Crippen molar-refractivity contribution in [1.82, 2.24) is 5.16 Å². The van der Waals surface area contributed by atoms with Gasteiger partial charge < -0.3 is 9.63 Å². The molecule has 0 saturated carbocycles. The van der Waals surface area contributed by atoms with Crippen LogP contribution in [-0.2, 0) is 6.42 Å². The lowest BCUT2D eigenvalue weighted by molar-refractivity contribution is 0.277. The standard InChI is InChI=1S/C11H10FNO2/c12-10-4-2-1-3-9(10)11-7-8(5-6-14)15-13-11/h1-4,7,14H,5-6H2. The zero-order chi connectivity index (χ0) is 10.7. The van der Waals surface area contributed by atoms with Crippen molar-refractivity contribution in [2.45, 2.75) is 6.42 Å². The number of rotatable bonds is 3. The van der Waals surface area contributed by atoms with Crippen LogP contribution >= 0.6 is 0 Å². The lowest BCUT2D eigenvalue weighted by Gasteiger charge is -1.95. The van der Waals surface area contributed by atoms with Crippen molar-refractivity contribution in [3.05, 3.63) is 41.9 Å². The van der Waals surface area contributed by atoms with Crippen LogP contribution in [0.2, 0.25) is 0 Å². The molecule has 0 aliphatic carbocycles. The second-order valence-corrected chi connectivity index (χ2v) is 3.13. The van der Waals surface area contributed by atoms with E-state index in [0.717, 1.165) is 0 Å². The topological polar surface area (TPSA) is 46.3 Å². The summed E-state index contributed by atoms with van der Waals surface area (Å²) < 4.78 is 18.3. The van der Waals surface area contributed by atoms with E-state index in [-0.39, 0.29) is 12.4 Å². The predicted octanol–water partition coefficient (Wildman–Crippen LogP) is 2.02. The summed E-state index contributed by atoms with van der Waals surface area (Å²) in [4.78, 5) is 0. The fraction of sp³-hybridized carbons (Fsp3) is 0.182. The molecule has 15 heavy (non-hydrogen) atoms. The van der Waals surface area contributed by atoms with Crippen molar-refractivity contribution < 1.29 is 14.0 Å². The number of halogens is 1. The minimum atomic E-state index is -0.332. The minimum absolute atomic E-state index is 0.00803. The molecule has 2 rings (SSSR count). The minimum Gasteiger partial charge on any atom is -0.396 e. The van der Waals surface area contributed by atoms with E-state index in [0.29, 0.717) is 23.4 Å². The molecule has 0 bridgehead atoms. The molecule has 2 aromatic rings. The van der Waals surface area contributed by atoms with Crippen molar-refractivity contribution in [3.8, 4) is 11.3 Å². The van der Waals surface area contributed by atoms with Gasteiger partial charge in [-0.25, -0.2) is 4.39 Å². The van der Waals surface area contributed by atoms with Gasteiger partial charge in [-0.3, -0.25) is 0 Å². The Morgan fingerprint density at radius 1 is 1.33 bits per heavy atom. The van der Waals surface area contributed by atoms with E-state index in [1.165, 1.54) is 6.07 Å². The quantitative estimate of drug-likeness (QED) is 0.837. The largest absolute Gasteiger partial charge is 0.396 e. The summed E-state index contributed by atoms with van der Waals surface area (Å²) in [5, 5.41) is 12.4. The molecule has 78 valence electrons. The third-order valence-corrected chi connectivity index (χ3v) is 2.07. The van der Waals surface area contributed by atoms with Gasteiger partial charge in [0.2, 0.25) is 0 Å². The zero-order valence-corrected chi connectivity index (χ0v) is 7.98. The van der Waals surface area contributed by atoms with E-state index < -0.39 is 0 Å². The summed E-state index contributed by atoms with van der Waals surface area (Å²) in [6.45, 7) is -0.00803. The van der Waals surface area contributed by atoms with Gasteiger partial charge in [-0.2, -0.15) is 0 Å². The number of nitrogens with zero attached hydrogens (tertiary/aromatic N) is 1. The van der Waals surface area contributed by atoms with Crippen LogP contribution in [0.15, 0.2) is 34.9 Å². The Labute approximate surface area is 86.1 Å². The number of aromatic nitrogens is 1. The molecule has 1 aromatic carbocycles. The van der Waals surface area contributed by atoms with Crippen LogP contribution in [0.4, 0.5) is 4.39 Å². The number of hydrogen-bond donors (Lipinski definition) is 1. The number of benzene rings is 1. The lowest BCUT2D eigenvalue weighted by atomic mass is 10.1. The van der Waals surface area contributed by atoms with Crippen LogP contribution in [0.3, 0.4) is 0 Å². The Bertz CT molecular complexity index is 453. The molecule has 0 atom stereocenters. The zero-order valence-electron chi connectivity index (χ0n) is 7.98.